The molecule has 3 unspecified atom stereocenters. The molecule has 0 aromatic carbocycles. The lowest BCUT2D eigenvalue weighted by molar-refractivity contribution is -0.249. The largest absolute Gasteiger partial charge is 0.421 e. The number of hydrogen-bond donors (Lipinski definition) is 0. The summed E-state index contributed by atoms with van der Waals surface area (Å²) >= 11 is 2.86. The summed E-state index contributed by atoms with van der Waals surface area (Å²) in [4.78, 5) is 25.3. The third kappa shape index (κ3) is 2.44. The van der Waals surface area contributed by atoms with Gasteiger partial charge in [0.05, 0.1) is 11.7 Å². The van der Waals surface area contributed by atoms with Crippen molar-refractivity contribution in [3.8, 4) is 0 Å². The van der Waals surface area contributed by atoms with E-state index in [0.717, 1.165) is 42.4 Å². The third-order valence-corrected chi connectivity index (χ3v) is 6.66. The van der Waals surface area contributed by atoms with Crippen molar-refractivity contribution >= 4 is 35.4 Å². The molecule has 3 fully saturated rings. The van der Waals surface area contributed by atoms with Crippen LogP contribution in [0.3, 0.4) is 0 Å². The molecule has 9 heteroatoms. The van der Waals surface area contributed by atoms with E-state index in [1.165, 1.54) is 24.6 Å². The van der Waals surface area contributed by atoms with Crippen molar-refractivity contribution in [1.29, 1.82) is 0 Å². The van der Waals surface area contributed by atoms with Gasteiger partial charge >= 0.3 is 17.8 Å². The van der Waals surface area contributed by atoms with E-state index in [4.69, 9.17) is 9.47 Å². The second kappa shape index (κ2) is 6.27. The first-order valence-electron chi connectivity index (χ1n) is 8.32. The molecule has 4 rings (SSSR count). The fourth-order valence-corrected chi connectivity index (χ4v) is 5.58. The quantitative estimate of drug-likeness (QED) is 0.326. The van der Waals surface area contributed by atoms with Gasteiger partial charge in [-0.15, -0.1) is 11.8 Å². The first-order valence-corrected chi connectivity index (χ1v) is 10.0. The Balaban J connectivity index is 1.60. The van der Waals surface area contributed by atoms with Crippen molar-refractivity contribution in [2.24, 2.45) is 5.92 Å². The minimum Gasteiger partial charge on any atom is -0.399 e. The standard InChI is InChI=1S/C15H19N3O4S2/c1-2-3-4-7-23-12-11(16-24-17-12)10-9-5-6-18(8-9)15(10)21-13(19)14(20)22-15/h9-10H,2-8H2,1H3. The SMILES string of the molecule is CCCCCSc1nsnc1C1C2CCN(C2)C12OC(=O)C(=O)O2. The lowest BCUT2D eigenvalue weighted by Gasteiger charge is -2.37. The van der Waals surface area contributed by atoms with Gasteiger partial charge in [-0.05, 0) is 24.5 Å². The Morgan fingerprint density at radius 3 is 2.83 bits per heavy atom. The highest BCUT2D eigenvalue weighted by atomic mass is 32.2. The second-order valence-electron chi connectivity index (χ2n) is 6.39. The Hall–Kier alpha value is -1.19. The lowest BCUT2D eigenvalue weighted by atomic mass is 9.87. The highest BCUT2D eigenvalue weighted by Gasteiger charge is 2.68. The summed E-state index contributed by atoms with van der Waals surface area (Å²) in [5.74, 6) is -2.11. The number of ether oxygens (including phenoxy) is 2. The molecule has 0 N–H and O–H groups in total. The van der Waals surface area contributed by atoms with Crippen molar-refractivity contribution in [2.75, 3.05) is 18.8 Å². The minimum absolute atomic E-state index is 0.242. The Labute approximate surface area is 148 Å². The van der Waals surface area contributed by atoms with Crippen LogP contribution >= 0.6 is 23.5 Å². The molecule has 130 valence electrons. The summed E-state index contributed by atoms with van der Waals surface area (Å²) in [7, 11) is 0. The predicted octanol–water partition coefficient (Wildman–Crippen LogP) is 1.99. The molecule has 3 saturated heterocycles. The van der Waals surface area contributed by atoms with Gasteiger partial charge in [0, 0.05) is 13.1 Å². The van der Waals surface area contributed by atoms with Gasteiger partial charge in [0.2, 0.25) is 0 Å². The number of carbonyl (C=O) groups is 2. The van der Waals surface area contributed by atoms with Crippen molar-refractivity contribution < 1.29 is 19.1 Å². The smallest absolute Gasteiger partial charge is 0.399 e. The summed E-state index contributed by atoms with van der Waals surface area (Å²) in [5.41, 5.74) is 0.816. The molecule has 0 radical (unpaired) electrons. The first kappa shape index (κ1) is 16.3. The highest BCUT2D eigenvalue weighted by molar-refractivity contribution is 7.99. The lowest BCUT2D eigenvalue weighted by Crippen LogP contribution is -2.50. The zero-order chi connectivity index (χ0) is 16.7. The average molecular weight is 369 g/mol. The first-order chi connectivity index (χ1) is 11.7. The maximum Gasteiger partial charge on any atom is 0.421 e. The maximum absolute atomic E-state index is 11.7. The monoisotopic (exact) mass is 369 g/mol. The molecule has 1 spiro atoms. The van der Waals surface area contributed by atoms with Crippen LogP contribution in [0.1, 0.15) is 44.2 Å². The fourth-order valence-electron chi connectivity index (χ4n) is 3.86. The van der Waals surface area contributed by atoms with Crippen LogP contribution in [0, 0.1) is 5.92 Å². The molecule has 1 aromatic rings. The number of carbonyl (C=O) groups excluding carboxylic acids is 2. The molecule has 4 heterocycles. The van der Waals surface area contributed by atoms with Crippen molar-refractivity contribution in [1.82, 2.24) is 13.6 Å². The van der Waals surface area contributed by atoms with Crippen LogP contribution in [0.4, 0.5) is 0 Å². The summed E-state index contributed by atoms with van der Waals surface area (Å²) in [5, 5.41) is 0.883. The highest BCUT2D eigenvalue weighted by Crippen LogP contribution is 2.55. The van der Waals surface area contributed by atoms with Crippen LogP contribution in [0.25, 0.3) is 0 Å². The topological polar surface area (TPSA) is 81.6 Å². The van der Waals surface area contributed by atoms with Gasteiger partial charge in [-0.2, -0.15) is 8.75 Å². The van der Waals surface area contributed by atoms with Gasteiger partial charge in [-0.3, -0.25) is 0 Å². The van der Waals surface area contributed by atoms with Gasteiger partial charge < -0.3 is 9.47 Å². The minimum atomic E-state index is -1.30. The number of nitrogens with zero attached hydrogens (tertiary/aromatic N) is 3. The average Bonchev–Trinajstić information content (AvgIpc) is 3.30. The van der Waals surface area contributed by atoms with Gasteiger partial charge in [0.15, 0.2) is 0 Å². The van der Waals surface area contributed by atoms with Crippen LogP contribution in [0.2, 0.25) is 0 Å². The molecule has 3 aliphatic rings. The van der Waals surface area contributed by atoms with E-state index in [2.05, 4.69) is 15.7 Å². The molecule has 0 amide bonds. The Kier molecular flexibility index (Phi) is 4.26. The normalized spacial score (nSPS) is 30.1. The number of aromatic nitrogens is 2. The van der Waals surface area contributed by atoms with Crippen LogP contribution in [-0.2, 0) is 19.1 Å². The van der Waals surface area contributed by atoms with E-state index in [-0.39, 0.29) is 11.8 Å². The van der Waals surface area contributed by atoms with Crippen LogP contribution in [-0.4, -0.2) is 50.3 Å². The van der Waals surface area contributed by atoms with Gasteiger partial charge in [0.1, 0.15) is 16.6 Å². The third-order valence-electron chi connectivity index (χ3n) is 4.94. The molecule has 3 atom stereocenters. The van der Waals surface area contributed by atoms with Gasteiger partial charge in [-0.25, -0.2) is 14.5 Å². The molecule has 0 aliphatic carbocycles. The molecule has 0 saturated carbocycles. The van der Waals surface area contributed by atoms with Crippen molar-refractivity contribution in [3.05, 3.63) is 5.69 Å². The number of unbranched alkanes of at least 4 members (excludes halogenated alkanes) is 2. The molecule has 3 aliphatic heterocycles. The molecular weight excluding hydrogens is 350 g/mol. The summed E-state index contributed by atoms with van der Waals surface area (Å²) < 4.78 is 19.8. The molecule has 1 aromatic heterocycles. The second-order valence-corrected chi connectivity index (χ2v) is 8.00. The summed E-state index contributed by atoms with van der Waals surface area (Å²) in [6, 6.07) is 0. The Morgan fingerprint density at radius 1 is 1.29 bits per heavy atom. The van der Waals surface area contributed by atoms with Crippen LogP contribution in [0.5, 0.6) is 0 Å². The summed E-state index contributed by atoms with van der Waals surface area (Å²) in [6.07, 6.45) is 4.49. The maximum atomic E-state index is 11.7. The Morgan fingerprint density at radius 2 is 2.08 bits per heavy atom. The van der Waals surface area contributed by atoms with Gasteiger partial charge in [-0.1, -0.05) is 19.8 Å². The Bertz CT molecular complexity index is 649. The van der Waals surface area contributed by atoms with E-state index >= 15 is 0 Å². The predicted molar refractivity (Wildman–Crippen MR) is 87.5 cm³/mol. The van der Waals surface area contributed by atoms with Crippen molar-refractivity contribution in [3.63, 3.8) is 0 Å². The number of piperidine rings is 1. The number of thioether (sulfide) groups is 1. The molecule has 24 heavy (non-hydrogen) atoms. The fraction of sp³-hybridized carbons (Fsp3) is 0.733. The number of hydrogen-bond acceptors (Lipinski definition) is 9. The van der Waals surface area contributed by atoms with E-state index in [1.54, 1.807) is 11.8 Å². The van der Waals surface area contributed by atoms with E-state index in [1.807, 2.05) is 4.90 Å². The van der Waals surface area contributed by atoms with Gasteiger partial charge in [0.25, 0.3) is 0 Å². The van der Waals surface area contributed by atoms with E-state index in [0.29, 0.717) is 0 Å². The number of fused-ring (bicyclic) bond motifs is 3. The number of rotatable bonds is 6. The number of esters is 2. The molecular formula is C15H19N3O4S2. The van der Waals surface area contributed by atoms with E-state index in [9.17, 15) is 9.59 Å². The zero-order valence-corrected chi connectivity index (χ0v) is 15.0. The zero-order valence-electron chi connectivity index (χ0n) is 13.4. The molecule has 2 bridgehead atoms. The summed E-state index contributed by atoms with van der Waals surface area (Å²) in [6.45, 7) is 3.69. The van der Waals surface area contributed by atoms with E-state index < -0.39 is 17.8 Å². The molecule has 7 nitrogen and oxygen atoms in total. The van der Waals surface area contributed by atoms with Crippen molar-refractivity contribution in [2.45, 2.75) is 49.5 Å². The van der Waals surface area contributed by atoms with Crippen LogP contribution < -0.4 is 0 Å². The van der Waals surface area contributed by atoms with Crippen LogP contribution in [0.15, 0.2) is 5.03 Å².